The standard InChI is InChI=1S/C18H18N2O4S/c1-12-7-8-14(11-13(12)2)19-25(23,24)10-9-20-17(21)15-5-3-4-6-16(15)18(20)22/h3-8,11,19H,9-10H2,1-2H3. The van der Waals surface area contributed by atoms with Gasteiger partial charge in [0, 0.05) is 12.2 Å². The monoisotopic (exact) mass is 358 g/mol. The molecule has 0 fully saturated rings. The van der Waals surface area contributed by atoms with Crippen molar-refractivity contribution in [3.05, 3.63) is 64.7 Å². The number of amides is 2. The molecule has 1 N–H and O–H groups in total. The zero-order valence-corrected chi connectivity index (χ0v) is 14.8. The van der Waals surface area contributed by atoms with E-state index in [0.717, 1.165) is 16.0 Å². The summed E-state index contributed by atoms with van der Waals surface area (Å²) < 4.78 is 27.0. The number of benzene rings is 2. The number of sulfonamides is 1. The second-order valence-electron chi connectivity index (χ2n) is 6.03. The van der Waals surface area contributed by atoms with Crippen molar-refractivity contribution >= 4 is 27.5 Å². The molecule has 1 heterocycles. The molecule has 0 saturated carbocycles. The van der Waals surface area contributed by atoms with Crippen LogP contribution in [0.15, 0.2) is 42.5 Å². The largest absolute Gasteiger partial charge is 0.283 e. The molecule has 7 heteroatoms. The van der Waals surface area contributed by atoms with Crippen LogP contribution in [0.1, 0.15) is 31.8 Å². The number of carbonyl (C=O) groups excluding carboxylic acids is 2. The molecular formula is C18H18N2O4S. The highest BCUT2D eigenvalue weighted by atomic mass is 32.2. The molecule has 25 heavy (non-hydrogen) atoms. The molecule has 2 amide bonds. The number of carbonyl (C=O) groups is 2. The molecule has 0 aromatic heterocycles. The van der Waals surface area contributed by atoms with Crippen LogP contribution in [0.5, 0.6) is 0 Å². The van der Waals surface area contributed by atoms with E-state index >= 15 is 0 Å². The van der Waals surface area contributed by atoms with Gasteiger partial charge in [-0.15, -0.1) is 0 Å². The minimum Gasteiger partial charge on any atom is -0.283 e. The molecule has 130 valence electrons. The number of rotatable bonds is 5. The number of anilines is 1. The molecule has 0 radical (unpaired) electrons. The Kier molecular flexibility index (Phi) is 4.34. The molecular weight excluding hydrogens is 340 g/mol. The van der Waals surface area contributed by atoms with Crippen molar-refractivity contribution < 1.29 is 18.0 Å². The predicted octanol–water partition coefficient (Wildman–Crippen LogP) is 2.34. The smallest absolute Gasteiger partial charge is 0.261 e. The number of hydrogen-bond donors (Lipinski definition) is 1. The van der Waals surface area contributed by atoms with Crippen LogP contribution in [0.25, 0.3) is 0 Å². The molecule has 0 unspecified atom stereocenters. The highest BCUT2D eigenvalue weighted by molar-refractivity contribution is 7.92. The van der Waals surface area contributed by atoms with Gasteiger partial charge in [-0.2, -0.15) is 0 Å². The molecule has 1 aliphatic rings. The summed E-state index contributed by atoms with van der Waals surface area (Å²) >= 11 is 0. The van der Waals surface area contributed by atoms with Gasteiger partial charge in [-0.25, -0.2) is 8.42 Å². The summed E-state index contributed by atoms with van der Waals surface area (Å²) in [5, 5.41) is 0. The second-order valence-corrected chi connectivity index (χ2v) is 7.87. The van der Waals surface area contributed by atoms with Crippen LogP contribution >= 0.6 is 0 Å². The first-order valence-electron chi connectivity index (χ1n) is 7.81. The Morgan fingerprint density at radius 1 is 0.920 bits per heavy atom. The molecule has 0 atom stereocenters. The number of aryl methyl sites for hydroxylation is 2. The van der Waals surface area contributed by atoms with Gasteiger partial charge in [0.25, 0.3) is 11.8 Å². The van der Waals surface area contributed by atoms with Crippen molar-refractivity contribution in [3.63, 3.8) is 0 Å². The quantitative estimate of drug-likeness (QED) is 0.832. The summed E-state index contributed by atoms with van der Waals surface area (Å²) in [4.78, 5) is 25.5. The van der Waals surface area contributed by atoms with Crippen LogP contribution in [-0.2, 0) is 10.0 Å². The maximum Gasteiger partial charge on any atom is 0.261 e. The Bertz CT molecular complexity index is 932. The summed E-state index contributed by atoms with van der Waals surface area (Å²) in [6.07, 6.45) is 0. The minimum atomic E-state index is -3.68. The molecule has 0 spiro atoms. The normalized spacial score (nSPS) is 13.9. The SMILES string of the molecule is Cc1ccc(NS(=O)(=O)CCN2C(=O)c3ccccc3C2=O)cc1C. The third-order valence-corrected chi connectivity index (χ3v) is 5.51. The lowest BCUT2D eigenvalue weighted by atomic mass is 10.1. The third kappa shape index (κ3) is 3.41. The Labute approximate surface area is 146 Å². The molecule has 0 bridgehead atoms. The van der Waals surface area contributed by atoms with Gasteiger partial charge in [-0.05, 0) is 49.2 Å². The van der Waals surface area contributed by atoms with E-state index in [1.54, 1.807) is 36.4 Å². The van der Waals surface area contributed by atoms with Crippen LogP contribution in [-0.4, -0.2) is 37.4 Å². The summed E-state index contributed by atoms with van der Waals surface area (Å²) in [7, 11) is -3.68. The molecule has 0 aliphatic carbocycles. The highest BCUT2D eigenvalue weighted by Crippen LogP contribution is 2.22. The van der Waals surface area contributed by atoms with Crippen molar-refractivity contribution in [1.82, 2.24) is 4.90 Å². The fraction of sp³-hybridized carbons (Fsp3) is 0.222. The van der Waals surface area contributed by atoms with E-state index in [4.69, 9.17) is 0 Å². The number of imide groups is 1. The van der Waals surface area contributed by atoms with Gasteiger partial charge in [0.05, 0.1) is 16.9 Å². The fourth-order valence-corrected chi connectivity index (χ4v) is 3.70. The first-order chi connectivity index (χ1) is 11.8. The van der Waals surface area contributed by atoms with Gasteiger partial charge in [-0.3, -0.25) is 19.2 Å². The van der Waals surface area contributed by atoms with Crippen LogP contribution in [0, 0.1) is 13.8 Å². The highest BCUT2D eigenvalue weighted by Gasteiger charge is 2.35. The van der Waals surface area contributed by atoms with E-state index in [1.165, 1.54) is 0 Å². The summed E-state index contributed by atoms with van der Waals surface area (Å²) in [6, 6.07) is 11.7. The van der Waals surface area contributed by atoms with Gasteiger partial charge in [0.15, 0.2) is 0 Å². The second kappa shape index (κ2) is 6.33. The zero-order chi connectivity index (χ0) is 18.2. The molecule has 0 saturated heterocycles. The fourth-order valence-electron chi connectivity index (χ4n) is 2.69. The van der Waals surface area contributed by atoms with Crippen LogP contribution in [0.2, 0.25) is 0 Å². The van der Waals surface area contributed by atoms with Gasteiger partial charge in [0.1, 0.15) is 0 Å². The van der Waals surface area contributed by atoms with E-state index in [1.807, 2.05) is 19.9 Å². The van der Waals surface area contributed by atoms with Crippen molar-refractivity contribution in [2.24, 2.45) is 0 Å². The summed E-state index contributed by atoms with van der Waals surface area (Å²) in [6.45, 7) is 3.65. The van der Waals surface area contributed by atoms with Gasteiger partial charge in [0.2, 0.25) is 10.0 Å². The molecule has 3 rings (SSSR count). The zero-order valence-electron chi connectivity index (χ0n) is 13.9. The average Bonchev–Trinajstić information content (AvgIpc) is 2.81. The van der Waals surface area contributed by atoms with Gasteiger partial charge >= 0.3 is 0 Å². The Hall–Kier alpha value is -2.67. The van der Waals surface area contributed by atoms with Crippen LogP contribution < -0.4 is 4.72 Å². The topological polar surface area (TPSA) is 83.6 Å². The number of nitrogens with zero attached hydrogens (tertiary/aromatic N) is 1. The van der Waals surface area contributed by atoms with Gasteiger partial charge in [-0.1, -0.05) is 18.2 Å². The third-order valence-electron chi connectivity index (χ3n) is 4.24. The number of hydrogen-bond acceptors (Lipinski definition) is 4. The summed E-state index contributed by atoms with van der Waals surface area (Å²) in [5.41, 5.74) is 3.12. The Morgan fingerprint density at radius 3 is 2.08 bits per heavy atom. The first kappa shape index (κ1) is 17.2. The van der Waals surface area contributed by atoms with Crippen molar-refractivity contribution in [3.8, 4) is 0 Å². The number of fused-ring (bicyclic) bond motifs is 1. The van der Waals surface area contributed by atoms with Crippen molar-refractivity contribution in [1.29, 1.82) is 0 Å². The lowest BCUT2D eigenvalue weighted by molar-refractivity contribution is 0.0664. The lowest BCUT2D eigenvalue weighted by Gasteiger charge is -2.15. The maximum atomic E-state index is 12.3. The Balaban J connectivity index is 1.70. The maximum absolute atomic E-state index is 12.3. The van der Waals surface area contributed by atoms with E-state index in [0.29, 0.717) is 16.8 Å². The van der Waals surface area contributed by atoms with E-state index in [-0.39, 0.29) is 12.3 Å². The first-order valence-corrected chi connectivity index (χ1v) is 9.47. The molecule has 2 aromatic rings. The number of nitrogens with one attached hydrogen (secondary N) is 1. The average molecular weight is 358 g/mol. The Morgan fingerprint density at radius 2 is 1.52 bits per heavy atom. The molecule has 6 nitrogen and oxygen atoms in total. The van der Waals surface area contributed by atoms with Crippen molar-refractivity contribution in [2.75, 3.05) is 17.0 Å². The van der Waals surface area contributed by atoms with E-state index in [2.05, 4.69) is 4.72 Å². The van der Waals surface area contributed by atoms with Gasteiger partial charge < -0.3 is 0 Å². The van der Waals surface area contributed by atoms with Crippen LogP contribution in [0.4, 0.5) is 5.69 Å². The van der Waals surface area contributed by atoms with E-state index in [9.17, 15) is 18.0 Å². The molecule has 2 aromatic carbocycles. The summed E-state index contributed by atoms with van der Waals surface area (Å²) in [5.74, 6) is -1.27. The lowest BCUT2D eigenvalue weighted by Crippen LogP contribution is -2.35. The minimum absolute atomic E-state index is 0.188. The van der Waals surface area contributed by atoms with Crippen molar-refractivity contribution in [2.45, 2.75) is 13.8 Å². The predicted molar refractivity (Wildman–Crippen MR) is 95.1 cm³/mol. The van der Waals surface area contributed by atoms with Crippen LogP contribution in [0.3, 0.4) is 0 Å². The molecule has 1 aliphatic heterocycles. The van der Waals surface area contributed by atoms with E-state index < -0.39 is 21.8 Å².